The SMILES string of the molecule is CC(CNC(=O)NCc1cnn(Cc2ccccc2)c1)N1CCOCC1. The standard InChI is InChI=1S/C19H27N5O2/c1-16(23-7-9-26-10-8-23)11-20-19(25)21-12-18-13-22-24(15-18)14-17-5-3-2-4-6-17/h2-6,13,15-16H,7-12,14H2,1H3,(H2,20,21,25). The van der Waals surface area contributed by atoms with E-state index in [4.69, 9.17) is 4.74 Å². The molecule has 0 aliphatic carbocycles. The van der Waals surface area contributed by atoms with Crippen LogP contribution in [0.2, 0.25) is 0 Å². The van der Waals surface area contributed by atoms with Crippen molar-refractivity contribution in [2.45, 2.75) is 26.1 Å². The molecule has 0 radical (unpaired) electrons. The molecule has 3 rings (SSSR count). The number of morpholine rings is 1. The molecule has 1 aromatic carbocycles. The van der Waals surface area contributed by atoms with Crippen LogP contribution in [0.15, 0.2) is 42.7 Å². The molecule has 1 unspecified atom stereocenters. The molecular formula is C19H27N5O2. The van der Waals surface area contributed by atoms with Crippen molar-refractivity contribution in [3.8, 4) is 0 Å². The Kier molecular flexibility index (Phi) is 6.62. The second-order valence-electron chi connectivity index (χ2n) is 6.59. The minimum atomic E-state index is -0.152. The van der Waals surface area contributed by atoms with E-state index < -0.39 is 0 Å². The summed E-state index contributed by atoms with van der Waals surface area (Å²) in [6.45, 7) is 7.32. The summed E-state index contributed by atoms with van der Waals surface area (Å²) in [5.41, 5.74) is 2.18. The monoisotopic (exact) mass is 357 g/mol. The molecular weight excluding hydrogens is 330 g/mol. The van der Waals surface area contributed by atoms with Gasteiger partial charge in [-0.15, -0.1) is 0 Å². The average Bonchev–Trinajstić information content (AvgIpc) is 3.13. The lowest BCUT2D eigenvalue weighted by Gasteiger charge is -2.32. The number of benzene rings is 1. The van der Waals surface area contributed by atoms with Gasteiger partial charge in [0.25, 0.3) is 0 Å². The number of hydrogen-bond donors (Lipinski definition) is 2. The van der Waals surface area contributed by atoms with Crippen molar-refractivity contribution in [1.82, 2.24) is 25.3 Å². The Balaban J connectivity index is 1.37. The first kappa shape index (κ1) is 18.4. The summed E-state index contributed by atoms with van der Waals surface area (Å²) in [4.78, 5) is 14.3. The Labute approximate surface area is 154 Å². The number of carbonyl (C=O) groups excluding carboxylic acids is 1. The first-order valence-corrected chi connectivity index (χ1v) is 9.09. The number of carbonyl (C=O) groups is 1. The molecule has 0 spiro atoms. The van der Waals surface area contributed by atoms with E-state index in [0.29, 0.717) is 19.1 Å². The fraction of sp³-hybridized carbons (Fsp3) is 0.474. The van der Waals surface area contributed by atoms with Gasteiger partial charge in [-0.25, -0.2) is 4.79 Å². The molecule has 7 heteroatoms. The molecule has 1 aliphatic heterocycles. The molecule has 0 bridgehead atoms. The van der Waals surface area contributed by atoms with E-state index in [2.05, 4.69) is 39.7 Å². The molecule has 140 valence electrons. The zero-order valence-corrected chi connectivity index (χ0v) is 15.2. The molecule has 2 heterocycles. The van der Waals surface area contributed by atoms with Crippen LogP contribution in [-0.2, 0) is 17.8 Å². The van der Waals surface area contributed by atoms with Crippen LogP contribution in [0, 0.1) is 0 Å². The lowest BCUT2D eigenvalue weighted by molar-refractivity contribution is 0.0209. The number of rotatable bonds is 7. The molecule has 26 heavy (non-hydrogen) atoms. The van der Waals surface area contributed by atoms with E-state index in [1.807, 2.05) is 29.1 Å². The molecule has 1 saturated heterocycles. The second kappa shape index (κ2) is 9.35. The van der Waals surface area contributed by atoms with E-state index in [1.165, 1.54) is 5.56 Å². The van der Waals surface area contributed by atoms with Crippen LogP contribution in [0.25, 0.3) is 0 Å². The van der Waals surface area contributed by atoms with Crippen molar-refractivity contribution < 1.29 is 9.53 Å². The number of aromatic nitrogens is 2. The predicted molar refractivity (Wildman–Crippen MR) is 99.9 cm³/mol. The molecule has 0 saturated carbocycles. The number of ether oxygens (including phenoxy) is 1. The fourth-order valence-corrected chi connectivity index (χ4v) is 2.99. The first-order valence-electron chi connectivity index (χ1n) is 9.09. The van der Waals surface area contributed by atoms with E-state index in [0.717, 1.165) is 38.4 Å². The summed E-state index contributed by atoms with van der Waals surface area (Å²) < 4.78 is 7.23. The summed E-state index contributed by atoms with van der Waals surface area (Å²) in [6.07, 6.45) is 3.75. The van der Waals surface area contributed by atoms with Crippen LogP contribution in [-0.4, -0.2) is 59.6 Å². The number of urea groups is 1. The summed E-state index contributed by atoms with van der Waals surface area (Å²) in [5.74, 6) is 0. The Hall–Kier alpha value is -2.38. The number of nitrogens with one attached hydrogen (secondary N) is 2. The van der Waals surface area contributed by atoms with Crippen LogP contribution in [0.4, 0.5) is 4.79 Å². The van der Waals surface area contributed by atoms with Gasteiger partial charge in [-0.1, -0.05) is 30.3 Å². The summed E-state index contributed by atoms with van der Waals surface area (Å²) in [7, 11) is 0. The highest BCUT2D eigenvalue weighted by atomic mass is 16.5. The van der Waals surface area contributed by atoms with Gasteiger partial charge in [-0.05, 0) is 12.5 Å². The van der Waals surface area contributed by atoms with Crippen LogP contribution in [0.3, 0.4) is 0 Å². The van der Waals surface area contributed by atoms with E-state index in [-0.39, 0.29) is 6.03 Å². The van der Waals surface area contributed by atoms with Gasteiger partial charge in [0.2, 0.25) is 0 Å². The Morgan fingerprint density at radius 3 is 2.73 bits per heavy atom. The maximum Gasteiger partial charge on any atom is 0.315 e. The molecule has 1 aliphatic rings. The fourth-order valence-electron chi connectivity index (χ4n) is 2.99. The summed E-state index contributed by atoms with van der Waals surface area (Å²) in [5, 5.41) is 10.2. The third-order valence-corrected chi connectivity index (χ3v) is 4.55. The van der Waals surface area contributed by atoms with Crippen LogP contribution < -0.4 is 10.6 Å². The maximum atomic E-state index is 12.0. The highest BCUT2D eigenvalue weighted by Crippen LogP contribution is 2.04. The molecule has 1 fully saturated rings. The van der Waals surface area contributed by atoms with Crippen molar-refractivity contribution in [3.63, 3.8) is 0 Å². The highest BCUT2D eigenvalue weighted by molar-refractivity contribution is 5.73. The van der Waals surface area contributed by atoms with Gasteiger partial charge in [0.1, 0.15) is 0 Å². The van der Waals surface area contributed by atoms with Crippen LogP contribution >= 0.6 is 0 Å². The summed E-state index contributed by atoms with van der Waals surface area (Å²) in [6, 6.07) is 10.3. The minimum absolute atomic E-state index is 0.152. The number of hydrogen-bond acceptors (Lipinski definition) is 4. The maximum absolute atomic E-state index is 12.0. The number of nitrogens with zero attached hydrogens (tertiary/aromatic N) is 3. The normalized spacial score (nSPS) is 16.2. The van der Waals surface area contributed by atoms with Gasteiger partial charge in [-0.3, -0.25) is 9.58 Å². The summed E-state index contributed by atoms with van der Waals surface area (Å²) >= 11 is 0. The van der Waals surface area contributed by atoms with Gasteiger partial charge in [-0.2, -0.15) is 5.10 Å². The van der Waals surface area contributed by atoms with Crippen molar-refractivity contribution >= 4 is 6.03 Å². The van der Waals surface area contributed by atoms with Crippen molar-refractivity contribution in [2.24, 2.45) is 0 Å². The van der Waals surface area contributed by atoms with Gasteiger partial charge < -0.3 is 15.4 Å². The molecule has 2 amide bonds. The lowest BCUT2D eigenvalue weighted by Crippen LogP contribution is -2.48. The Morgan fingerprint density at radius 2 is 1.96 bits per heavy atom. The van der Waals surface area contributed by atoms with Gasteiger partial charge in [0, 0.05) is 44.0 Å². The van der Waals surface area contributed by atoms with E-state index >= 15 is 0 Å². The van der Waals surface area contributed by atoms with Crippen molar-refractivity contribution in [2.75, 3.05) is 32.8 Å². The first-order chi connectivity index (χ1) is 12.7. The van der Waals surface area contributed by atoms with E-state index in [9.17, 15) is 4.79 Å². The van der Waals surface area contributed by atoms with Crippen molar-refractivity contribution in [1.29, 1.82) is 0 Å². The average molecular weight is 357 g/mol. The molecule has 2 N–H and O–H groups in total. The minimum Gasteiger partial charge on any atom is -0.379 e. The predicted octanol–water partition coefficient (Wildman–Crippen LogP) is 1.45. The molecule has 1 atom stereocenters. The Bertz CT molecular complexity index is 682. The topological polar surface area (TPSA) is 71.4 Å². The largest absolute Gasteiger partial charge is 0.379 e. The molecule has 2 aromatic rings. The zero-order valence-electron chi connectivity index (χ0n) is 15.2. The van der Waals surface area contributed by atoms with Crippen molar-refractivity contribution in [3.05, 3.63) is 53.9 Å². The van der Waals surface area contributed by atoms with Crippen LogP contribution in [0.5, 0.6) is 0 Å². The van der Waals surface area contributed by atoms with Gasteiger partial charge in [0.15, 0.2) is 0 Å². The smallest absolute Gasteiger partial charge is 0.315 e. The molecule has 7 nitrogen and oxygen atoms in total. The van der Waals surface area contributed by atoms with Gasteiger partial charge in [0.05, 0.1) is 26.0 Å². The quantitative estimate of drug-likeness (QED) is 0.787. The van der Waals surface area contributed by atoms with Crippen LogP contribution in [0.1, 0.15) is 18.1 Å². The van der Waals surface area contributed by atoms with Gasteiger partial charge >= 0.3 is 6.03 Å². The molecule has 1 aromatic heterocycles. The van der Waals surface area contributed by atoms with E-state index in [1.54, 1.807) is 6.20 Å². The highest BCUT2D eigenvalue weighted by Gasteiger charge is 2.17. The Morgan fingerprint density at radius 1 is 1.19 bits per heavy atom. The second-order valence-corrected chi connectivity index (χ2v) is 6.59. The third-order valence-electron chi connectivity index (χ3n) is 4.55. The lowest BCUT2D eigenvalue weighted by atomic mass is 10.2. The zero-order chi connectivity index (χ0) is 18.2. The number of amides is 2. The third kappa shape index (κ3) is 5.57.